The van der Waals surface area contributed by atoms with Crippen molar-refractivity contribution in [2.45, 2.75) is 45.1 Å². The summed E-state index contributed by atoms with van der Waals surface area (Å²) in [4.78, 5) is 22.5. The Hall–Kier alpha value is -1.91. The fourth-order valence-electron chi connectivity index (χ4n) is 2.77. The van der Waals surface area contributed by atoms with E-state index in [0.717, 1.165) is 25.7 Å². The first-order valence-corrected chi connectivity index (χ1v) is 7.53. The molecule has 0 bridgehead atoms. The maximum atomic E-state index is 13.9. The van der Waals surface area contributed by atoms with Gasteiger partial charge >= 0.3 is 5.97 Å². The summed E-state index contributed by atoms with van der Waals surface area (Å²) in [6.45, 7) is 1.40. The molecule has 22 heavy (non-hydrogen) atoms. The van der Waals surface area contributed by atoms with Crippen LogP contribution < -0.4 is 4.74 Å². The van der Waals surface area contributed by atoms with Gasteiger partial charge in [0.2, 0.25) is 0 Å². The van der Waals surface area contributed by atoms with Crippen molar-refractivity contribution in [2.24, 2.45) is 5.92 Å². The molecular weight excluding hydrogens is 287 g/mol. The molecule has 1 aromatic rings. The van der Waals surface area contributed by atoms with Crippen molar-refractivity contribution in [3.05, 3.63) is 29.6 Å². The van der Waals surface area contributed by atoms with Gasteiger partial charge in [-0.3, -0.25) is 9.59 Å². The summed E-state index contributed by atoms with van der Waals surface area (Å²) in [5.41, 5.74) is 0.339. The Morgan fingerprint density at radius 2 is 1.91 bits per heavy atom. The molecule has 1 aliphatic carbocycles. The molecule has 120 valence electrons. The Morgan fingerprint density at radius 3 is 2.45 bits per heavy atom. The van der Waals surface area contributed by atoms with Gasteiger partial charge in [0.05, 0.1) is 13.2 Å². The van der Waals surface area contributed by atoms with Gasteiger partial charge in [0, 0.05) is 12.0 Å². The number of carbonyl (C=O) groups excluding carboxylic acids is 2. The summed E-state index contributed by atoms with van der Waals surface area (Å²) >= 11 is 0. The highest BCUT2D eigenvalue weighted by Gasteiger charge is 2.25. The molecule has 0 atom stereocenters. The first kappa shape index (κ1) is 16.5. The monoisotopic (exact) mass is 308 g/mol. The predicted octanol–water partition coefficient (Wildman–Crippen LogP) is 3.53. The number of Topliss-reactive ketones (excluding diaryl/α,β-unsaturated/α-hetero) is 1. The fraction of sp³-hybridized carbons (Fsp3) is 0.529. The molecule has 0 amide bonds. The first-order valence-electron chi connectivity index (χ1n) is 7.53. The van der Waals surface area contributed by atoms with Gasteiger partial charge in [0.1, 0.15) is 0 Å². The zero-order valence-electron chi connectivity index (χ0n) is 12.9. The van der Waals surface area contributed by atoms with Gasteiger partial charge in [-0.15, -0.1) is 0 Å². The highest BCUT2D eigenvalue weighted by atomic mass is 19.1. The molecule has 0 aliphatic heterocycles. The lowest BCUT2D eigenvalue weighted by Crippen LogP contribution is -2.25. The molecule has 0 N–H and O–H groups in total. The molecule has 0 heterocycles. The van der Waals surface area contributed by atoms with Gasteiger partial charge in [0.25, 0.3) is 0 Å². The molecule has 0 saturated heterocycles. The molecule has 0 radical (unpaired) electrons. The summed E-state index contributed by atoms with van der Waals surface area (Å²) in [7, 11) is 1.39. The second kappa shape index (κ2) is 7.38. The lowest BCUT2D eigenvalue weighted by Gasteiger charge is -2.28. The van der Waals surface area contributed by atoms with Crippen LogP contribution in [0.1, 0.15) is 49.4 Å². The Balaban J connectivity index is 1.88. The second-order valence-electron chi connectivity index (χ2n) is 5.74. The molecule has 1 aromatic carbocycles. The van der Waals surface area contributed by atoms with Crippen LogP contribution >= 0.6 is 0 Å². The summed E-state index contributed by atoms with van der Waals surface area (Å²) in [5.74, 6) is -0.368. The van der Waals surface area contributed by atoms with E-state index >= 15 is 0 Å². The van der Waals surface area contributed by atoms with Gasteiger partial charge in [-0.1, -0.05) is 0 Å². The topological polar surface area (TPSA) is 52.6 Å². The van der Waals surface area contributed by atoms with Crippen LogP contribution in [0.5, 0.6) is 5.75 Å². The van der Waals surface area contributed by atoms with Crippen LogP contribution in [0.2, 0.25) is 0 Å². The number of rotatable bonds is 5. The Bertz CT molecular complexity index is 548. The molecule has 1 aliphatic rings. The zero-order chi connectivity index (χ0) is 16.1. The van der Waals surface area contributed by atoms with Gasteiger partial charge in [-0.05, 0) is 56.7 Å². The summed E-state index contributed by atoms with van der Waals surface area (Å²) in [5, 5.41) is 0. The first-order chi connectivity index (χ1) is 10.5. The summed E-state index contributed by atoms with van der Waals surface area (Å²) in [6.07, 6.45) is 3.70. The third-order valence-corrected chi connectivity index (χ3v) is 4.11. The summed E-state index contributed by atoms with van der Waals surface area (Å²) in [6, 6.07) is 4.29. The van der Waals surface area contributed by atoms with E-state index < -0.39 is 5.82 Å². The van der Waals surface area contributed by atoms with E-state index in [1.54, 1.807) is 6.07 Å². The molecule has 2 rings (SSSR count). The number of halogens is 1. The van der Waals surface area contributed by atoms with Gasteiger partial charge in [-0.25, -0.2) is 4.39 Å². The number of hydrogen-bond acceptors (Lipinski definition) is 4. The second-order valence-corrected chi connectivity index (χ2v) is 5.74. The maximum absolute atomic E-state index is 13.9. The lowest BCUT2D eigenvalue weighted by atomic mass is 9.85. The number of ketones is 1. The average molecular weight is 308 g/mol. The smallest absolute Gasteiger partial charge is 0.305 e. The van der Waals surface area contributed by atoms with E-state index in [1.807, 2.05) is 0 Å². The third kappa shape index (κ3) is 4.29. The van der Waals surface area contributed by atoms with Crippen molar-refractivity contribution in [2.75, 3.05) is 7.11 Å². The van der Waals surface area contributed by atoms with Crippen LogP contribution in [0, 0.1) is 11.7 Å². The normalized spacial score (nSPS) is 21.2. The minimum Gasteiger partial charge on any atom is -0.487 e. The predicted molar refractivity (Wildman–Crippen MR) is 79.4 cm³/mol. The summed E-state index contributed by atoms with van der Waals surface area (Å²) < 4.78 is 24.3. The van der Waals surface area contributed by atoms with Crippen molar-refractivity contribution < 1.29 is 23.5 Å². The molecule has 1 saturated carbocycles. The minimum absolute atomic E-state index is 0.0495. The SMILES string of the molecule is COC(=O)CC1CCC(Oc2ccc(C(C)=O)cc2F)CC1. The van der Waals surface area contributed by atoms with E-state index in [2.05, 4.69) is 4.74 Å². The van der Waals surface area contributed by atoms with E-state index in [1.165, 1.54) is 26.2 Å². The zero-order valence-corrected chi connectivity index (χ0v) is 12.9. The number of ether oxygens (including phenoxy) is 2. The molecule has 0 aromatic heterocycles. The molecular formula is C17H21FO4. The van der Waals surface area contributed by atoms with Crippen LogP contribution in [-0.4, -0.2) is 25.0 Å². The van der Waals surface area contributed by atoms with E-state index in [-0.39, 0.29) is 23.6 Å². The molecule has 5 heteroatoms. The fourth-order valence-corrected chi connectivity index (χ4v) is 2.77. The standard InChI is InChI=1S/C17H21FO4/c1-11(19)13-5-8-16(15(18)10-13)22-14-6-3-12(4-7-14)9-17(20)21-2/h5,8,10,12,14H,3-4,6-7,9H2,1-2H3. The van der Waals surface area contributed by atoms with Crippen molar-refractivity contribution in [3.63, 3.8) is 0 Å². The van der Waals surface area contributed by atoms with Crippen molar-refractivity contribution in [1.29, 1.82) is 0 Å². The van der Waals surface area contributed by atoms with Gasteiger partial charge in [0.15, 0.2) is 17.3 Å². The number of benzene rings is 1. The van der Waals surface area contributed by atoms with Crippen molar-refractivity contribution in [3.8, 4) is 5.75 Å². The number of esters is 1. The Labute approximate surface area is 129 Å². The van der Waals surface area contributed by atoms with Gasteiger partial charge < -0.3 is 9.47 Å². The highest BCUT2D eigenvalue weighted by Crippen LogP contribution is 2.30. The van der Waals surface area contributed by atoms with Crippen molar-refractivity contribution >= 4 is 11.8 Å². The quantitative estimate of drug-likeness (QED) is 0.617. The largest absolute Gasteiger partial charge is 0.487 e. The lowest BCUT2D eigenvalue weighted by molar-refractivity contribution is -0.142. The van der Waals surface area contributed by atoms with Crippen LogP contribution in [0.4, 0.5) is 4.39 Å². The van der Waals surface area contributed by atoms with E-state index in [9.17, 15) is 14.0 Å². The van der Waals surface area contributed by atoms with Gasteiger partial charge in [-0.2, -0.15) is 0 Å². The Morgan fingerprint density at radius 1 is 1.23 bits per heavy atom. The average Bonchev–Trinajstić information content (AvgIpc) is 2.50. The van der Waals surface area contributed by atoms with Crippen LogP contribution in [-0.2, 0) is 9.53 Å². The molecule has 0 unspecified atom stereocenters. The molecule has 4 nitrogen and oxygen atoms in total. The third-order valence-electron chi connectivity index (χ3n) is 4.11. The van der Waals surface area contributed by atoms with Crippen molar-refractivity contribution in [1.82, 2.24) is 0 Å². The maximum Gasteiger partial charge on any atom is 0.305 e. The Kier molecular flexibility index (Phi) is 5.52. The number of carbonyl (C=O) groups is 2. The number of methoxy groups -OCH3 is 1. The molecule has 1 fully saturated rings. The minimum atomic E-state index is -0.510. The van der Waals surface area contributed by atoms with E-state index in [4.69, 9.17) is 4.74 Å². The van der Waals surface area contributed by atoms with Crippen LogP contribution in [0.15, 0.2) is 18.2 Å². The van der Waals surface area contributed by atoms with E-state index in [0.29, 0.717) is 17.9 Å². The number of hydrogen-bond donors (Lipinski definition) is 0. The molecule has 0 spiro atoms. The van der Waals surface area contributed by atoms with Crippen LogP contribution in [0.25, 0.3) is 0 Å². The highest BCUT2D eigenvalue weighted by molar-refractivity contribution is 5.94. The van der Waals surface area contributed by atoms with Crippen LogP contribution in [0.3, 0.4) is 0 Å².